The van der Waals surface area contributed by atoms with E-state index in [-0.39, 0.29) is 5.82 Å². The van der Waals surface area contributed by atoms with E-state index in [0.29, 0.717) is 16.9 Å². The predicted molar refractivity (Wildman–Crippen MR) is 83.4 cm³/mol. The highest BCUT2D eigenvalue weighted by Crippen LogP contribution is 2.29. The summed E-state index contributed by atoms with van der Waals surface area (Å²) in [6.07, 6.45) is 0. The minimum atomic E-state index is -0.238. The van der Waals surface area contributed by atoms with Crippen LogP contribution < -0.4 is 0 Å². The lowest BCUT2D eigenvalue weighted by atomic mass is 10.2. The second-order valence-corrected chi connectivity index (χ2v) is 6.05. The summed E-state index contributed by atoms with van der Waals surface area (Å²) in [5.41, 5.74) is 1.86. The molecule has 0 aliphatic rings. The number of aromatic nitrogens is 2. The zero-order valence-corrected chi connectivity index (χ0v) is 13.2. The molecule has 0 saturated carbocycles. The fourth-order valence-electron chi connectivity index (χ4n) is 1.74. The van der Waals surface area contributed by atoms with Crippen molar-refractivity contribution < 1.29 is 8.81 Å². The first kappa shape index (κ1) is 14.3. The third kappa shape index (κ3) is 3.51. The molecule has 0 N–H and O–H groups in total. The highest BCUT2D eigenvalue weighted by Gasteiger charge is 2.11. The minimum Gasteiger partial charge on any atom is -0.411 e. The van der Waals surface area contributed by atoms with Crippen LogP contribution in [-0.2, 0) is 5.75 Å². The number of hydrogen-bond donors (Lipinski definition) is 0. The number of thioether (sulfide) groups is 1. The van der Waals surface area contributed by atoms with Crippen LogP contribution in [0.1, 0.15) is 5.56 Å². The fraction of sp³-hybridized carbons (Fsp3) is 0.0667. The molecular formula is C15H10BrFN2OS. The number of nitrogens with zero attached hydrogens (tertiary/aromatic N) is 2. The first-order chi connectivity index (χ1) is 10.2. The summed E-state index contributed by atoms with van der Waals surface area (Å²) in [7, 11) is 0. The zero-order valence-electron chi connectivity index (χ0n) is 10.8. The molecule has 21 heavy (non-hydrogen) atoms. The predicted octanol–water partition coefficient (Wildman–Crippen LogP) is 4.93. The Morgan fingerprint density at radius 1 is 1.05 bits per heavy atom. The van der Waals surface area contributed by atoms with E-state index in [1.54, 1.807) is 12.1 Å². The number of halogens is 2. The van der Waals surface area contributed by atoms with Gasteiger partial charge in [-0.25, -0.2) is 4.39 Å². The molecule has 0 unspecified atom stereocenters. The normalized spacial score (nSPS) is 10.8. The van der Waals surface area contributed by atoms with Gasteiger partial charge < -0.3 is 4.42 Å². The van der Waals surface area contributed by atoms with Crippen molar-refractivity contribution in [3.05, 3.63) is 64.4 Å². The number of benzene rings is 2. The van der Waals surface area contributed by atoms with Crippen LogP contribution in [0.3, 0.4) is 0 Å². The molecule has 0 radical (unpaired) electrons. The van der Waals surface area contributed by atoms with Crippen LogP contribution >= 0.6 is 27.7 Å². The summed E-state index contributed by atoms with van der Waals surface area (Å²) >= 11 is 4.88. The molecule has 0 spiro atoms. The van der Waals surface area contributed by atoms with Gasteiger partial charge in [0.25, 0.3) is 5.22 Å². The fourth-order valence-corrected chi connectivity index (χ4v) is 2.91. The molecular weight excluding hydrogens is 355 g/mol. The van der Waals surface area contributed by atoms with Crippen molar-refractivity contribution in [2.24, 2.45) is 0 Å². The Hall–Kier alpha value is -1.66. The van der Waals surface area contributed by atoms with Gasteiger partial charge in [-0.2, -0.15) is 0 Å². The van der Waals surface area contributed by atoms with Crippen molar-refractivity contribution in [3.8, 4) is 11.5 Å². The van der Waals surface area contributed by atoms with Crippen LogP contribution in [0.2, 0.25) is 0 Å². The minimum absolute atomic E-state index is 0.238. The SMILES string of the molecule is Fc1ccc(CSc2nnc(-c3ccccc3Br)o2)cc1. The monoisotopic (exact) mass is 364 g/mol. The second kappa shape index (κ2) is 6.41. The summed E-state index contributed by atoms with van der Waals surface area (Å²) in [4.78, 5) is 0. The molecule has 0 aliphatic heterocycles. The van der Waals surface area contributed by atoms with E-state index >= 15 is 0 Å². The Morgan fingerprint density at radius 3 is 2.57 bits per heavy atom. The summed E-state index contributed by atoms with van der Waals surface area (Å²) in [6.45, 7) is 0. The van der Waals surface area contributed by atoms with Gasteiger partial charge in [0.15, 0.2) is 0 Å². The average Bonchev–Trinajstić information content (AvgIpc) is 2.96. The Morgan fingerprint density at radius 2 is 1.81 bits per heavy atom. The van der Waals surface area contributed by atoms with E-state index in [2.05, 4.69) is 26.1 Å². The number of hydrogen-bond acceptors (Lipinski definition) is 4. The molecule has 1 heterocycles. The van der Waals surface area contributed by atoms with Crippen molar-refractivity contribution in [1.82, 2.24) is 10.2 Å². The van der Waals surface area contributed by atoms with E-state index in [9.17, 15) is 4.39 Å². The summed E-state index contributed by atoms with van der Waals surface area (Å²) in [5.74, 6) is 0.888. The average molecular weight is 365 g/mol. The Labute approximate surface area is 133 Å². The summed E-state index contributed by atoms with van der Waals surface area (Å²) in [6, 6.07) is 14.0. The maximum Gasteiger partial charge on any atom is 0.277 e. The van der Waals surface area contributed by atoms with E-state index in [1.807, 2.05) is 24.3 Å². The molecule has 0 aliphatic carbocycles. The largest absolute Gasteiger partial charge is 0.411 e. The van der Waals surface area contributed by atoms with Gasteiger partial charge in [0.1, 0.15) is 5.82 Å². The van der Waals surface area contributed by atoms with Crippen molar-refractivity contribution >= 4 is 27.7 Å². The molecule has 0 saturated heterocycles. The van der Waals surface area contributed by atoms with Gasteiger partial charge in [0, 0.05) is 10.2 Å². The molecule has 2 aromatic carbocycles. The Balaban J connectivity index is 1.71. The standard InChI is InChI=1S/C15H10BrFN2OS/c16-13-4-2-1-3-12(13)14-18-19-15(20-14)21-9-10-5-7-11(17)8-6-10/h1-8H,9H2. The molecule has 0 fully saturated rings. The van der Waals surface area contributed by atoms with Crippen molar-refractivity contribution in [2.75, 3.05) is 0 Å². The molecule has 3 rings (SSSR count). The second-order valence-electron chi connectivity index (χ2n) is 4.27. The third-order valence-electron chi connectivity index (χ3n) is 2.79. The number of rotatable bonds is 4. The lowest BCUT2D eigenvalue weighted by Crippen LogP contribution is -1.81. The third-order valence-corrected chi connectivity index (χ3v) is 4.37. The van der Waals surface area contributed by atoms with Gasteiger partial charge in [-0.15, -0.1) is 10.2 Å². The van der Waals surface area contributed by atoms with Crippen LogP contribution in [0.5, 0.6) is 0 Å². The van der Waals surface area contributed by atoms with E-state index in [1.165, 1.54) is 23.9 Å². The lowest BCUT2D eigenvalue weighted by molar-refractivity contribution is 0.465. The van der Waals surface area contributed by atoms with E-state index in [0.717, 1.165) is 15.6 Å². The summed E-state index contributed by atoms with van der Waals surface area (Å²) < 4.78 is 19.4. The first-order valence-electron chi connectivity index (χ1n) is 6.18. The topological polar surface area (TPSA) is 38.9 Å². The maximum absolute atomic E-state index is 12.8. The van der Waals surface area contributed by atoms with Crippen LogP contribution in [0.15, 0.2) is 62.6 Å². The Kier molecular flexibility index (Phi) is 4.36. The highest BCUT2D eigenvalue weighted by molar-refractivity contribution is 9.10. The van der Waals surface area contributed by atoms with Gasteiger partial charge in [-0.3, -0.25) is 0 Å². The van der Waals surface area contributed by atoms with Gasteiger partial charge in [-0.1, -0.05) is 36.0 Å². The zero-order chi connectivity index (χ0) is 14.7. The van der Waals surface area contributed by atoms with Crippen LogP contribution in [0.4, 0.5) is 4.39 Å². The van der Waals surface area contributed by atoms with E-state index < -0.39 is 0 Å². The molecule has 0 amide bonds. The smallest absolute Gasteiger partial charge is 0.277 e. The van der Waals surface area contributed by atoms with E-state index in [4.69, 9.17) is 4.42 Å². The molecule has 1 aromatic heterocycles. The molecule has 0 atom stereocenters. The van der Waals surface area contributed by atoms with Crippen molar-refractivity contribution in [2.45, 2.75) is 11.0 Å². The quantitative estimate of drug-likeness (QED) is 0.615. The van der Waals surface area contributed by atoms with Crippen molar-refractivity contribution in [3.63, 3.8) is 0 Å². The molecule has 0 bridgehead atoms. The van der Waals surface area contributed by atoms with Gasteiger partial charge in [0.05, 0.1) is 5.56 Å². The summed E-state index contributed by atoms with van der Waals surface area (Å²) in [5, 5.41) is 8.55. The van der Waals surface area contributed by atoms with Crippen molar-refractivity contribution in [1.29, 1.82) is 0 Å². The Bertz CT molecular complexity index is 745. The van der Waals surface area contributed by atoms with Crippen LogP contribution in [0, 0.1) is 5.82 Å². The van der Waals surface area contributed by atoms with Gasteiger partial charge in [0.2, 0.25) is 5.89 Å². The van der Waals surface area contributed by atoms with Crippen LogP contribution in [-0.4, -0.2) is 10.2 Å². The molecule has 6 heteroatoms. The highest BCUT2D eigenvalue weighted by atomic mass is 79.9. The molecule has 3 aromatic rings. The lowest BCUT2D eigenvalue weighted by Gasteiger charge is -1.98. The molecule has 106 valence electrons. The first-order valence-corrected chi connectivity index (χ1v) is 7.96. The maximum atomic E-state index is 12.8. The van der Waals surface area contributed by atoms with Gasteiger partial charge in [-0.05, 0) is 45.8 Å². The molecule has 3 nitrogen and oxygen atoms in total. The van der Waals surface area contributed by atoms with Crippen LogP contribution in [0.25, 0.3) is 11.5 Å². The van der Waals surface area contributed by atoms with Gasteiger partial charge >= 0.3 is 0 Å².